The van der Waals surface area contributed by atoms with Gasteiger partial charge in [0.2, 0.25) is 5.79 Å². The molecule has 15 nitrogen and oxygen atoms in total. The second-order valence-corrected chi connectivity index (χ2v) is 23.3. The molecule has 0 unspecified atom stereocenters. The summed E-state index contributed by atoms with van der Waals surface area (Å²) in [4.78, 5) is 71.8. The van der Waals surface area contributed by atoms with Crippen molar-refractivity contribution in [3.8, 4) is 0 Å². The van der Waals surface area contributed by atoms with Gasteiger partial charge in [0.15, 0.2) is 5.78 Å². The number of hydrogen-bond acceptors (Lipinski definition) is 14. The number of aliphatic hydroxyl groups is 3. The number of aliphatic hydroxyl groups excluding tert-OH is 2. The van der Waals surface area contributed by atoms with E-state index in [-0.39, 0.29) is 54.8 Å². The lowest BCUT2D eigenvalue weighted by Crippen LogP contribution is -2.61. The molecule has 3 N–H and O–H groups in total. The molecule has 0 radical (unpaired) electrons. The number of carbonyl (C=O) groups excluding carboxylic acids is 5. The number of fused-ring (bicyclic) bond motifs is 3. The minimum atomic E-state index is -2.43. The molecule has 4 aliphatic rings. The topological polar surface area (TPSA) is 205 Å². The van der Waals surface area contributed by atoms with Crippen molar-refractivity contribution in [2.45, 2.75) is 180 Å². The van der Waals surface area contributed by atoms with Crippen LogP contribution >= 0.6 is 0 Å². The van der Waals surface area contributed by atoms with Crippen LogP contribution in [0.2, 0.25) is 0 Å². The number of allylic oxidation sites excluding steroid dienone is 6. The number of piperidine rings is 1. The van der Waals surface area contributed by atoms with Gasteiger partial charge in [-0.2, -0.15) is 0 Å². The van der Waals surface area contributed by atoms with E-state index in [0.717, 1.165) is 33.0 Å². The van der Waals surface area contributed by atoms with Crippen LogP contribution in [0.4, 0.5) is 0 Å². The number of nitrogens with zero attached hydrogens (tertiary/aromatic N) is 1. The molecule has 0 aromatic carbocycles. The van der Waals surface area contributed by atoms with Crippen molar-refractivity contribution >= 4 is 50.2 Å². The first-order valence-electron chi connectivity index (χ1n) is 24.7. The molecular formula is C51H85NO14Si2. The van der Waals surface area contributed by atoms with Gasteiger partial charge >= 0.3 is 5.97 Å². The van der Waals surface area contributed by atoms with E-state index in [4.69, 9.17) is 23.7 Å². The highest BCUT2D eigenvalue weighted by Crippen LogP contribution is 2.38. The highest BCUT2D eigenvalue weighted by atomic mass is 28.3. The predicted octanol–water partition coefficient (Wildman–Crippen LogP) is 3.74. The summed E-state index contributed by atoms with van der Waals surface area (Å²) in [6.45, 7) is 12.7. The van der Waals surface area contributed by atoms with E-state index in [0.29, 0.717) is 63.4 Å². The largest absolute Gasteiger partial charge is 0.471 e. The van der Waals surface area contributed by atoms with Crippen LogP contribution in [-0.2, 0) is 51.8 Å². The van der Waals surface area contributed by atoms with Crippen LogP contribution in [0.5, 0.6) is 0 Å². The molecule has 0 spiro atoms. The predicted molar refractivity (Wildman–Crippen MR) is 266 cm³/mol. The average Bonchev–Trinajstić information content (AvgIpc) is 3.31. The molecule has 2 bridgehead atoms. The third kappa shape index (κ3) is 16.6. The van der Waals surface area contributed by atoms with Crippen LogP contribution in [0.25, 0.3) is 0 Å². The molecule has 1 amide bonds. The lowest BCUT2D eigenvalue weighted by molar-refractivity contribution is -0.265. The Morgan fingerprint density at radius 3 is 2.19 bits per heavy atom. The fraction of sp³-hybridized carbons (Fsp3) is 0.745. The normalized spacial score (nSPS) is 37.8. The zero-order valence-electron chi connectivity index (χ0n) is 43.0. The van der Waals surface area contributed by atoms with Crippen molar-refractivity contribution in [3.63, 3.8) is 0 Å². The third-order valence-electron chi connectivity index (χ3n) is 14.5. The van der Waals surface area contributed by atoms with E-state index in [9.17, 15) is 39.3 Å². The maximum atomic E-state index is 14.4. The minimum Gasteiger partial charge on any atom is -0.471 e. The van der Waals surface area contributed by atoms with E-state index >= 15 is 0 Å². The van der Waals surface area contributed by atoms with Crippen molar-refractivity contribution < 1.29 is 67.1 Å². The number of rotatable bonds is 6. The maximum absolute atomic E-state index is 14.4. The van der Waals surface area contributed by atoms with E-state index in [1.54, 1.807) is 41.1 Å². The van der Waals surface area contributed by atoms with Crippen molar-refractivity contribution in [1.82, 2.24) is 4.90 Å². The third-order valence-corrected chi connectivity index (χ3v) is 14.5. The van der Waals surface area contributed by atoms with E-state index in [1.807, 2.05) is 58.1 Å². The van der Waals surface area contributed by atoms with Crippen molar-refractivity contribution in [2.24, 2.45) is 35.5 Å². The Labute approximate surface area is 411 Å². The van der Waals surface area contributed by atoms with Gasteiger partial charge < -0.3 is 48.0 Å². The molecular weight excluding hydrogens is 907 g/mol. The van der Waals surface area contributed by atoms with E-state index < -0.39 is 83.9 Å². The summed E-state index contributed by atoms with van der Waals surface area (Å²) < 4.78 is 33.9. The molecule has 1 saturated carbocycles. The monoisotopic (exact) mass is 992 g/mol. The summed E-state index contributed by atoms with van der Waals surface area (Å²) in [6.07, 6.45) is 11.2. The fourth-order valence-corrected chi connectivity index (χ4v) is 10.1. The first-order chi connectivity index (χ1) is 32.2. The Balaban J connectivity index is 0.00000397. The number of ether oxygens (including phenoxy) is 5. The van der Waals surface area contributed by atoms with Crippen molar-refractivity contribution in [3.05, 3.63) is 47.6 Å². The lowest BCUT2D eigenvalue weighted by Gasteiger charge is -2.42. The standard InChI is InChI=1S/C51H79NO13.H6OSi2/c1-30-16-12-11-13-17-31(2)42(61-8)28-38-21-19-36(7)51(60,65-38)48(57)49(58)52-23-15-14-18-39(52)50(59)64-43(33(4)26-37-20-22-40(53)44(27-37)62-9)29-41(54)32(3)25-35(6)46(56)47(63-10)45(55)34(5)24-30;2-1-3/h11-13,16-17,25,30,32-34,36-40,42-44,46-47,53,56,60H,14-15,18-24,26-29H2,1-10H3;2-3H3/b13-11?,16-12+,31-17?,35-25+;/t30-,32-,33-,34-,36-,37+,38+,39+,40-,42+,43+,44-,46-,47+,51-;/m1./s1. The van der Waals surface area contributed by atoms with Gasteiger partial charge in [-0.25, -0.2) is 4.79 Å². The highest BCUT2D eigenvalue weighted by Gasteiger charge is 2.53. The maximum Gasteiger partial charge on any atom is 0.329 e. The van der Waals surface area contributed by atoms with Gasteiger partial charge in [-0.3, -0.25) is 19.2 Å². The molecule has 3 fully saturated rings. The summed E-state index contributed by atoms with van der Waals surface area (Å²) in [7, 11) is 6.38. The van der Waals surface area contributed by atoms with Gasteiger partial charge in [0.05, 0.1) is 24.4 Å². The van der Waals surface area contributed by atoms with Crippen LogP contribution in [0.15, 0.2) is 47.6 Å². The summed E-state index contributed by atoms with van der Waals surface area (Å²) in [5, 5.41) is 33.8. The number of methoxy groups -OCH3 is 3. The van der Waals surface area contributed by atoms with Gasteiger partial charge in [-0.15, -0.1) is 0 Å². The molecule has 3 aliphatic heterocycles. The first kappa shape index (κ1) is 59.3. The Morgan fingerprint density at radius 1 is 0.853 bits per heavy atom. The number of carbonyl (C=O) groups is 5. The Hall–Kier alpha value is -2.98. The molecule has 2 saturated heterocycles. The molecule has 15 atom stereocenters. The van der Waals surface area contributed by atoms with Crippen molar-refractivity contribution in [1.29, 1.82) is 0 Å². The molecule has 3 heterocycles. The average molecular weight is 992 g/mol. The molecule has 386 valence electrons. The zero-order valence-corrected chi connectivity index (χ0v) is 47.0. The van der Waals surface area contributed by atoms with Gasteiger partial charge in [-0.1, -0.05) is 71.1 Å². The van der Waals surface area contributed by atoms with E-state index in [1.165, 1.54) is 12.0 Å². The molecule has 4 rings (SSSR count). The smallest absolute Gasteiger partial charge is 0.329 e. The first-order valence-corrected chi connectivity index (χ1v) is 26.4. The van der Waals surface area contributed by atoms with Crippen LogP contribution in [0, 0.1) is 35.5 Å². The molecule has 0 aromatic heterocycles. The van der Waals surface area contributed by atoms with Crippen LogP contribution in [0.3, 0.4) is 0 Å². The molecule has 68 heavy (non-hydrogen) atoms. The van der Waals surface area contributed by atoms with Gasteiger partial charge in [-0.05, 0) is 107 Å². The van der Waals surface area contributed by atoms with E-state index in [2.05, 4.69) is 4.12 Å². The van der Waals surface area contributed by atoms with Gasteiger partial charge in [0.1, 0.15) is 51.1 Å². The summed E-state index contributed by atoms with van der Waals surface area (Å²) in [5.41, 5.74) is 1.27. The molecule has 1 aliphatic carbocycles. The molecule has 0 aromatic rings. The SMILES string of the molecule is CO[C@H]1C[C@@H]2CC[C@@H](C)[C@@](O)(O2)C(=O)C(=O)N2CCCC[C@H]2C(=O)O[C@H]([C@H](C)C[C@@H]2CC[C@@H](O)[C@H](OC)C2)CC(=O)[C@H](C)/C=C(\C)[C@@H](O)[C@@H](OC)C(=O)[C@H](C)C[C@H](C)/C=C/C=CC=C1C.[SiH3]O[SiH3]. The number of Topliss-reactive ketones (excluding diaryl/α,β-unsaturated/α-hetero) is 3. The van der Waals surface area contributed by atoms with Gasteiger partial charge in [0.25, 0.3) is 11.7 Å². The zero-order chi connectivity index (χ0) is 50.9. The fourth-order valence-electron chi connectivity index (χ4n) is 10.1. The number of ketones is 3. The lowest BCUT2D eigenvalue weighted by atomic mass is 9.78. The highest BCUT2D eigenvalue weighted by molar-refractivity contribution is 6.39. The summed E-state index contributed by atoms with van der Waals surface area (Å²) >= 11 is 0. The van der Waals surface area contributed by atoms with Crippen LogP contribution in [-0.4, -0.2) is 153 Å². The summed E-state index contributed by atoms with van der Waals surface area (Å²) in [5.74, 6) is -7.96. The number of hydrogen-bond donors (Lipinski definition) is 3. The van der Waals surface area contributed by atoms with Crippen LogP contribution in [0.1, 0.15) is 126 Å². The Kier molecular flexibility index (Phi) is 25.1. The Morgan fingerprint density at radius 2 is 1.54 bits per heavy atom. The number of cyclic esters (lactones) is 1. The second-order valence-electron chi connectivity index (χ2n) is 20.0. The number of esters is 1. The summed E-state index contributed by atoms with van der Waals surface area (Å²) in [6, 6.07) is -1.14. The van der Waals surface area contributed by atoms with Crippen molar-refractivity contribution in [2.75, 3.05) is 27.9 Å². The van der Waals surface area contributed by atoms with Crippen LogP contribution < -0.4 is 0 Å². The minimum absolute atomic E-state index is 0.0193. The number of amides is 1. The quantitative estimate of drug-likeness (QED) is 0.150. The Bertz CT molecular complexity index is 1790. The molecule has 17 heteroatoms. The second kappa shape index (κ2) is 28.8. The van der Waals surface area contributed by atoms with Gasteiger partial charge in [0, 0.05) is 58.5 Å².